The summed E-state index contributed by atoms with van der Waals surface area (Å²) in [6.45, 7) is 0. The number of fused-ring (bicyclic) bond motifs is 3. The van der Waals surface area contributed by atoms with Crippen molar-refractivity contribution in [2.75, 3.05) is 0 Å². The molecule has 2 aromatic heterocycles. The van der Waals surface area contributed by atoms with Crippen LogP contribution in [0.2, 0.25) is 0 Å². The van der Waals surface area contributed by atoms with Gasteiger partial charge in [0.1, 0.15) is 17.3 Å². The highest BCUT2D eigenvalue weighted by Crippen LogP contribution is 2.29. The molecule has 0 bridgehead atoms. The van der Waals surface area contributed by atoms with Crippen LogP contribution in [0.25, 0.3) is 5.82 Å². The van der Waals surface area contributed by atoms with Gasteiger partial charge in [0.05, 0.1) is 12.2 Å². The second kappa shape index (κ2) is 4.81. The molecular formula is C15H13N5O2. The third-order valence-corrected chi connectivity index (χ3v) is 3.58. The number of benzene rings is 1. The molecule has 0 radical (unpaired) electrons. The van der Waals surface area contributed by atoms with Gasteiger partial charge in [0.2, 0.25) is 0 Å². The Kier molecular flexibility index (Phi) is 2.80. The van der Waals surface area contributed by atoms with Gasteiger partial charge >= 0.3 is 5.69 Å². The average Bonchev–Trinajstić information content (AvgIpc) is 2.91. The van der Waals surface area contributed by atoms with E-state index in [2.05, 4.69) is 15.2 Å². The molecule has 4 rings (SSSR count). The van der Waals surface area contributed by atoms with Crippen LogP contribution in [0.4, 0.5) is 0 Å². The van der Waals surface area contributed by atoms with E-state index >= 15 is 0 Å². The number of pyridine rings is 1. The smallest absolute Gasteiger partial charge is 0.349 e. The molecule has 1 aliphatic rings. The fraction of sp³-hybridized carbons (Fsp3) is 0.133. The number of nitrogens with one attached hydrogen (secondary N) is 1. The monoisotopic (exact) mass is 295 g/mol. The number of ether oxygens (including phenoxy) is 1. The van der Waals surface area contributed by atoms with Crippen LogP contribution < -0.4 is 16.2 Å². The number of hydrogen-bond acceptors (Lipinski definition) is 5. The molecule has 22 heavy (non-hydrogen) atoms. The molecule has 0 spiro atoms. The van der Waals surface area contributed by atoms with Crippen molar-refractivity contribution in [2.24, 2.45) is 5.73 Å². The largest absolute Gasteiger partial charge is 0.456 e. The van der Waals surface area contributed by atoms with E-state index in [1.54, 1.807) is 6.20 Å². The van der Waals surface area contributed by atoms with Crippen molar-refractivity contribution < 1.29 is 4.74 Å². The van der Waals surface area contributed by atoms with Crippen molar-refractivity contribution in [1.82, 2.24) is 19.7 Å². The molecule has 1 aliphatic heterocycles. The summed E-state index contributed by atoms with van der Waals surface area (Å²) in [7, 11) is 0. The lowest BCUT2D eigenvalue weighted by Gasteiger charge is -2.21. The highest BCUT2D eigenvalue weighted by atomic mass is 16.5. The van der Waals surface area contributed by atoms with Gasteiger partial charge in [-0.2, -0.15) is 5.10 Å². The predicted molar refractivity (Wildman–Crippen MR) is 79.1 cm³/mol. The maximum atomic E-state index is 11.9. The Morgan fingerprint density at radius 1 is 1.27 bits per heavy atom. The van der Waals surface area contributed by atoms with E-state index in [0.717, 1.165) is 11.3 Å². The van der Waals surface area contributed by atoms with Crippen LogP contribution in [0.3, 0.4) is 0 Å². The van der Waals surface area contributed by atoms with Gasteiger partial charge in [-0.25, -0.2) is 19.4 Å². The maximum absolute atomic E-state index is 11.9. The maximum Gasteiger partial charge on any atom is 0.349 e. The molecule has 3 heterocycles. The minimum absolute atomic E-state index is 0.337. The van der Waals surface area contributed by atoms with Crippen LogP contribution in [-0.2, 0) is 6.42 Å². The first-order valence-electron chi connectivity index (χ1n) is 6.87. The number of hydrogen-bond donors (Lipinski definition) is 2. The van der Waals surface area contributed by atoms with Crippen LogP contribution in [0.15, 0.2) is 47.4 Å². The number of H-pyrrole nitrogens is 1. The molecule has 7 heteroatoms. The summed E-state index contributed by atoms with van der Waals surface area (Å²) in [5.74, 6) is 2.39. The van der Waals surface area contributed by atoms with Gasteiger partial charge in [0.25, 0.3) is 0 Å². The third-order valence-electron chi connectivity index (χ3n) is 3.58. The third kappa shape index (κ3) is 1.99. The molecular weight excluding hydrogens is 282 g/mol. The zero-order valence-corrected chi connectivity index (χ0v) is 11.6. The van der Waals surface area contributed by atoms with Gasteiger partial charge < -0.3 is 10.5 Å². The minimum atomic E-state index is -0.347. The summed E-state index contributed by atoms with van der Waals surface area (Å²) < 4.78 is 7.18. The molecule has 1 aromatic carbocycles. The van der Waals surface area contributed by atoms with Crippen molar-refractivity contribution in [3.63, 3.8) is 0 Å². The SMILES string of the molecule is NC1Cc2cc(Oc3ccccc3)cnc2-n2c1n[nH]c2=O. The Morgan fingerprint density at radius 3 is 2.91 bits per heavy atom. The Hall–Kier alpha value is -2.93. The highest BCUT2D eigenvalue weighted by Gasteiger charge is 2.27. The van der Waals surface area contributed by atoms with Gasteiger partial charge in [-0.15, -0.1) is 0 Å². The van der Waals surface area contributed by atoms with Crippen LogP contribution in [0.1, 0.15) is 17.4 Å². The van der Waals surface area contributed by atoms with Crippen molar-refractivity contribution >= 4 is 0 Å². The van der Waals surface area contributed by atoms with Gasteiger partial charge in [-0.3, -0.25) is 0 Å². The molecule has 3 aromatic rings. The Balaban J connectivity index is 1.76. The number of aromatic amines is 1. The highest BCUT2D eigenvalue weighted by molar-refractivity contribution is 5.44. The second-order valence-corrected chi connectivity index (χ2v) is 5.10. The lowest BCUT2D eigenvalue weighted by atomic mass is 10.0. The summed E-state index contributed by atoms with van der Waals surface area (Å²) >= 11 is 0. The average molecular weight is 295 g/mol. The number of rotatable bonds is 2. The van der Waals surface area contributed by atoms with E-state index in [4.69, 9.17) is 10.5 Å². The van der Waals surface area contributed by atoms with Crippen molar-refractivity contribution in [3.8, 4) is 17.3 Å². The van der Waals surface area contributed by atoms with Crippen LogP contribution in [0, 0.1) is 0 Å². The lowest BCUT2D eigenvalue weighted by molar-refractivity contribution is 0.477. The fourth-order valence-electron chi connectivity index (χ4n) is 2.60. The van der Waals surface area contributed by atoms with Crippen LogP contribution >= 0.6 is 0 Å². The Morgan fingerprint density at radius 2 is 2.09 bits per heavy atom. The fourth-order valence-corrected chi connectivity index (χ4v) is 2.60. The van der Waals surface area contributed by atoms with E-state index in [1.807, 2.05) is 36.4 Å². The Labute approximate surface area is 125 Å². The summed E-state index contributed by atoms with van der Waals surface area (Å²) in [6, 6.07) is 11.0. The van der Waals surface area contributed by atoms with Crippen molar-refractivity contribution in [2.45, 2.75) is 12.5 Å². The van der Waals surface area contributed by atoms with Crippen molar-refractivity contribution in [1.29, 1.82) is 0 Å². The van der Waals surface area contributed by atoms with Gasteiger partial charge in [0, 0.05) is 5.56 Å². The summed E-state index contributed by atoms with van der Waals surface area (Å²) in [6.07, 6.45) is 2.14. The molecule has 1 atom stereocenters. The molecule has 7 nitrogen and oxygen atoms in total. The first-order chi connectivity index (χ1) is 10.7. The quantitative estimate of drug-likeness (QED) is 0.742. The molecule has 3 N–H and O–H groups in total. The molecule has 1 unspecified atom stereocenters. The van der Waals surface area contributed by atoms with Gasteiger partial charge in [-0.1, -0.05) is 18.2 Å². The number of nitrogens with zero attached hydrogens (tertiary/aromatic N) is 3. The molecule has 0 aliphatic carbocycles. The Bertz CT molecular complexity index is 884. The van der Waals surface area contributed by atoms with E-state index in [9.17, 15) is 4.79 Å². The zero-order chi connectivity index (χ0) is 15.1. The summed E-state index contributed by atoms with van der Waals surface area (Å²) in [4.78, 5) is 16.2. The number of aromatic nitrogens is 4. The standard InChI is InChI=1S/C15H13N5O2/c16-12-7-9-6-11(22-10-4-2-1-3-5-10)8-17-13(9)20-14(12)18-19-15(20)21/h1-6,8,12H,7,16H2,(H,19,21). The zero-order valence-electron chi connectivity index (χ0n) is 11.6. The second-order valence-electron chi connectivity index (χ2n) is 5.10. The van der Waals surface area contributed by atoms with Crippen LogP contribution in [0.5, 0.6) is 11.5 Å². The van der Waals surface area contributed by atoms with Gasteiger partial charge in [-0.05, 0) is 24.6 Å². The molecule has 0 saturated carbocycles. The first-order valence-corrected chi connectivity index (χ1v) is 6.87. The molecule has 0 fully saturated rings. The first kappa shape index (κ1) is 12.8. The van der Waals surface area contributed by atoms with E-state index in [0.29, 0.717) is 23.8 Å². The molecule has 0 amide bonds. The number of nitrogens with two attached hydrogens (primary N) is 1. The normalized spacial score (nSPS) is 16.0. The predicted octanol–water partition coefficient (Wildman–Crippen LogP) is 1.30. The number of para-hydroxylation sites is 1. The lowest BCUT2D eigenvalue weighted by Crippen LogP contribution is -2.29. The van der Waals surface area contributed by atoms with E-state index < -0.39 is 0 Å². The minimum Gasteiger partial charge on any atom is -0.456 e. The van der Waals surface area contributed by atoms with Crippen molar-refractivity contribution in [3.05, 3.63) is 64.5 Å². The molecule has 0 saturated heterocycles. The topological polar surface area (TPSA) is 98.8 Å². The van der Waals surface area contributed by atoms with Crippen LogP contribution in [-0.4, -0.2) is 19.7 Å². The molecule has 110 valence electrons. The van der Waals surface area contributed by atoms with E-state index in [-0.39, 0.29) is 11.7 Å². The van der Waals surface area contributed by atoms with Gasteiger partial charge in [0.15, 0.2) is 5.82 Å². The summed E-state index contributed by atoms with van der Waals surface area (Å²) in [5, 5.41) is 6.37. The summed E-state index contributed by atoms with van der Waals surface area (Å²) in [5.41, 5.74) is 6.59. The van der Waals surface area contributed by atoms with E-state index in [1.165, 1.54) is 4.57 Å².